The quantitative estimate of drug-likeness (QED) is 0.744. The number of aliphatic hydroxyl groups is 1. The van der Waals surface area contributed by atoms with Gasteiger partial charge < -0.3 is 5.11 Å². The summed E-state index contributed by atoms with van der Waals surface area (Å²) in [4.78, 5) is 0. The molecule has 1 aliphatic carbocycles. The van der Waals surface area contributed by atoms with Gasteiger partial charge in [-0.25, -0.2) is 0 Å². The molecule has 15 heavy (non-hydrogen) atoms. The van der Waals surface area contributed by atoms with Crippen LogP contribution in [-0.4, -0.2) is 5.11 Å². The number of hydrogen-bond acceptors (Lipinski definition) is 1. The van der Waals surface area contributed by atoms with Crippen LogP contribution in [0.5, 0.6) is 0 Å². The molecule has 0 amide bonds. The summed E-state index contributed by atoms with van der Waals surface area (Å²) in [6.45, 7) is 8.54. The third-order valence-electron chi connectivity index (χ3n) is 3.71. The van der Waals surface area contributed by atoms with E-state index in [1.807, 2.05) is 0 Å². The maximum atomic E-state index is 10.4. The Kier molecular flexibility index (Phi) is 2.38. The van der Waals surface area contributed by atoms with Crippen LogP contribution >= 0.6 is 0 Å². The average molecular weight is 204 g/mol. The summed E-state index contributed by atoms with van der Waals surface area (Å²) < 4.78 is 0. The van der Waals surface area contributed by atoms with Gasteiger partial charge in [-0.3, -0.25) is 0 Å². The zero-order chi connectivity index (χ0) is 11.2. The lowest BCUT2D eigenvalue weighted by molar-refractivity contribution is -0.0743. The molecule has 0 unspecified atom stereocenters. The van der Waals surface area contributed by atoms with E-state index in [-0.39, 0.29) is 0 Å². The highest BCUT2D eigenvalue weighted by Crippen LogP contribution is 2.46. The SMILES string of the molecule is Cc1cc(C)c(C2(O)CC(C)C2)cc1C. The zero-order valence-electron chi connectivity index (χ0n) is 10.1. The number of rotatable bonds is 1. The minimum absolute atomic E-state index is 0.540. The van der Waals surface area contributed by atoms with E-state index in [1.54, 1.807) is 0 Å². The second-order valence-electron chi connectivity index (χ2n) is 5.30. The van der Waals surface area contributed by atoms with Crippen LogP contribution in [0.4, 0.5) is 0 Å². The first-order valence-corrected chi connectivity index (χ1v) is 5.73. The van der Waals surface area contributed by atoms with Crippen molar-refractivity contribution < 1.29 is 5.11 Å². The Bertz CT molecular complexity index is 387. The van der Waals surface area contributed by atoms with Crippen LogP contribution in [0.15, 0.2) is 12.1 Å². The molecular weight excluding hydrogens is 184 g/mol. The molecule has 0 heterocycles. The van der Waals surface area contributed by atoms with E-state index < -0.39 is 5.60 Å². The largest absolute Gasteiger partial charge is 0.385 e. The van der Waals surface area contributed by atoms with Crippen molar-refractivity contribution in [1.29, 1.82) is 0 Å². The fourth-order valence-electron chi connectivity index (χ4n) is 2.77. The normalized spacial score (nSPS) is 30.1. The highest BCUT2D eigenvalue weighted by atomic mass is 16.3. The Hall–Kier alpha value is -0.820. The summed E-state index contributed by atoms with van der Waals surface area (Å²) in [7, 11) is 0. The smallest absolute Gasteiger partial charge is 0.0904 e. The molecular formula is C14H20O. The van der Waals surface area contributed by atoms with Crippen molar-refractivity contribution in [3.63, 3.8) is 0 Å². The summed E-state index contributed by atoms with van der Waals surface area (Å²) in [6.07, 6.45) is 1.83. The predicted molar refractivity (Wildman–Crippen MR) is 62.9 cm³/mol. The van der Waals surface area contributed by atoms with Gasteiger partial charge in [0.15, 0.2) is 0 Å². The molecule has 1 nitrogen and oxygen atoms in total. The van der Waals surface area contributed by atoms with E-state index in [9.17, 15) is 5.11 Å². The summed E-state index contributed by atoms with van der Waals surface area (Å²) >= 11 is 0. The lowest BCUT2D eigenvalue weighted by Crippen LogP contribution is -2.40. The Morgan fingerprint density at radius 2 is 1.60 bits per heavy atom. The molecule has 82 valence electrons. The molecule has 0 atom stereocenters. The fraction of sp³-hybridized carbons (Fsp3) is 0.571. The van der Waals surface area contributed by atoms with Gasteiger partial charge in [0, 0.05) is 0 Å². The van der Waals surface area contributed by atoms with Crippen molar-refractivity contribution in [3.8, 4) is 0 Å². The molecule has 2 rings (SSSR count). The van der Waals surface area contributed by atoms with Crippen molar-refractivity contribution in [1.82, 2.24) is 0 Å². The minimum atomic E-state index is -0.540. The summed E-state index contributed by atoms with van der Waals surface area (Å²) in [5, 5.41) is 10.4. The van der Waals surface area contributed by atoms with E-state index in [1.165, 1.54) is 16.7 Å². The lowest BCUT2D eigenvalue weighted by Gasteiger charge is -2.43. The van der Waals surface area contributed by atoms with E-state index in [0.717, 1.165) is 18.4 Å². The van der Waals surface area contributed by atoms with E-state index in [4.69, 9.17) is 0 Å². The third-order valence-corrected chi connectivity index (χ3v) is 3.71. The molecule has 1 aromatic rings. The third kappa shape index (κ3) is 1.69. The molecule has 1 N–H and O–H groups in total. The highest BCUT2D eigenvalue weighted by Gasteiger charge is 2.42. The monoisotopic (exact) mass is 204 g/mol. The summed E-state index contributed by atoms with van der Waals surface area (Å²) in [6, 6.07) is 4.35. The molecule has 0 saturated heterocycles. The first-order valence-electron chi connectivity index (χ1n) is 5.73. The van der Waals surface area contributed by atoms with Crippen molar-refractivity contribution in [3.05, 3.63) is 34.4 Å². The maximum Gasteiger partial charge on any atom is 0.0904 e. The zero-order valence-corrected chi connectivity index (χ0v) is 10.1. The van der Waals surface area contributed by atoms with Gasteiger partial charge in [-0.1, -0.05) is 19.1 Å². The van der Waals surface area contributed by atoms with Gasteiger partial charge in [-0.05, 0) is 61.8 Å². The standard InChI is InChI=1S/C14H20O/c1-9-7-14(15,8-9)13-6-11(3)10(2)5-12(13)4/h5-6,9,15H,7-8H2,1-4H3. The van der Waals surface area contributed by atoms with Gasteiger partial charge in [0.1, 0.15) is 0 Å². The average Bonchev–Trinajstić information content (AvgIpc) is 2.08. The molecule has 0 aromatic heterocycles. The van der Waals surface area contributed by atoms with Gasteiger partial charge in [-0.2, -0.15) is 0 Å². The van der Waals surface area contributed by atoms with Crippen LogP contribution in [0.1, 0.15) is 42.0 Å². The Morgan fingerprint density at radius 1 is 1.07 bits per heavy atom. The summed E-state index contributed by atoms with van der Waals surface area (Å²) in [5.74, 6) is 0.663. The van der Waals surface area contributed by atoms with Crippen LogP contribution in [0.2, 0.25) is 0 Å². The van der Waals surface area contributed by atoms with Gasteiger partial charge in [0.05, 0.1) is 5.60 Å². The number of benzene rings is 1. The second kappa shape index (κ2) is 3.34. The summed E-state index contributed by atoms with van der Waals surface area (Å²) in [5.41, 5.74) is 4.43. The Labute approximate surface area is 92.1 Å². The van der Waals surface area contributed by atoms with Crippen molar-refractivity contribution in [2.45, 2.75) is 46.1 Å². The maximum absolute atomic E-state index is 10.4. The predicted octanol–water partition coefficient (Wildman–Crippen LogP) is 3.23. The first-order chi connectivity index (χ1) is 6.92. The van der Waals surface area contributed by atoms with Crippen LogP contribution in [0.25, 0.3) is 0 Å². The van der Waals surface area contributed by atoms with Crippen LogP contribution < -0.4 is 0 Å². The van der Waals surface area contributed by atoms with E-state index in [0.29, 0.717) is 5.92 Å². The minimum Gasteiger partial charge on any atom is -0.385 e. The van der Waals surface area contributed by atoms with Gasteiger partial charge in [0.2, 0.25) is 0 Å². The molecule has 1 aromatic carbocycles. The van der Waals surface area contributed by atoms with Crippen molar-refractivity contribution in [2.75, 3.05) is 0 Å². The van der Waals surface area contributed by atoms with E-state index >= 15 is 0 Å². The molecule has 1 heteroatoms. The molecule has 0 spiro atoms. The van der Waals surface area contributed by atoms with E-state index in [2.05, 4.69) is 39.8 Å². The fourth-order valence-corrected chi connectivity index (χ4v) is 2.77. The lowest BCUT2D eigenvalue weighted by atomic mass is 9.67. The molecule has 1 aliphatic rings. The number of hydrogen-bond donors (Lipinski definition) is 1. The Balaban J connectivity index is 2.41. The van der Waals surface area contributed by atoms with Crippen LogP contribution in [0, 0.1) is 26.7 Å². The topological polar surface area (TPSA) is 20.2 Å². The van der Waals surface area contributed by atoms with Gasteiger partial charge in [-0.15, -0.1) is 0 Å². The van der Waals surface area contributed by atoms with Crippen LogP contribution in [-0.2, 0) is 5.60 Å². The van der Waals surface area contributed by atoms with Crippen molar-refractivity contribution >= 4 is 0 Å². The molecule has 0 radical (unpaired) electrons. The molecule has 1 saturated carbocycles. The molecule has 0 bridgehead atoms. The molecule has 1 fully saturated rings. The Morgan fingerprint density at radius 3 is 2.13 bits per heavy atom. The van der Waals surface area contributed by atoms with Gasteiger partial charge in [0.25, 0.3) is 0 Å². The van der Waals surface area contributed by atoms with Gasteiger partial charge >= 0.3 is 0 Å². The van der Waals surface area contributed by atoms with Crippen molar-refractivity contribution in [2.24, 2.45) is 5.92 Å². The molecule has 0 aliphatic heterocycles. The second-order valence-corrected chi connectivity index (χ2v) is 5.30. The number of aryl methyl sites for hydroxylation is 3. The highest BCUT2D eigenvalue weighted by molar-refractivity contribution is 5.40. The van der Waals surface area contributed by atoms with Crippen LogP contribution in [0.3, 0.4) is 0 Å². The first kappa shape index (κ1) is 10.7.